The topological polar surface area (TPSA) is 66.0 Å². The fraction of sp³-hybridized carbons (Fsp3) is 0.212. The summed E-state index contributed by atoms with van der Waals surface area (Å²) in [7, 11) is 1.98. The number of pyridine rings is 1. The van der Waals surface area contributed by atoms with Crippen LogP contribution >= 0.6 is 0 Å². The van der Waals surface area contributed by atoms with Crippen LogP contribution < -0.4 is 5.32 Å². The molecule has 0 amide bonds. The van der Waals surface area contributed by atoms with Crippen molar-refractivity contribution in [2.75, 3.05) is 20.1 Å². The van der Waals surface area contributed by atoms with E-state index in [0.717, 1.165) is 83.0 Å². The van der Waals surface area contributed by atoms with Gasteiger partial charge in [0.25, 0.3) is 0 Å². The first-order valence-electron chi connectivity index (χ1n) is 13.2. The van der Waals surface area contributed by atoms with Gasteiger partial charge in [-0.3, -0.25) is 15.1 Å². The molecule has 0 aromatic carbocycles. The van der Waals surface area contributed by atoms with Crippen LogP contribution in [-0.4, -0.2) is 41.0 Å². The summed E-state index contributed by atoms with van der Waals surface area (Å²) in [5.41, 5.74) is 14.1. The van der Waals surface area contributed by atoms with Gasteiger partial charge < -0.3 is 5.32 Å². The van der Waals surface area contributed by atoms with E-state index in [1.54, 1.807) is 0 Å². The Bertz CT molecular complexity index is 1510. The summed E-state index contributed by atoms with van der Waals surface area (Å²) < 4.78 is 0. The number of H-pyrrole nitrogens is 1. The molecule has 0 atom stereocenters. The Labute approximate surface area is 224 Å². The molecule has 2 aromatic rings. The van der Waals surface area contributed by atoms with E-state index in [0.29, 0.717) is 0 Å². The quantitative estimate of drug-likeness (QED) is 0.432. The minimum Gasteiger partial charge on any atom is -0.319 e. The number of allylic oxidation sites excluding steroid dienone is 14. The summed E-state index contributed by atoms with van der Waals surface area (Å²) in [6.07, 6.45) is 28.2. The van der Waals surface area contributed by atoms with Crippen LogP contribution in [0.3, 0.4) is 0 Å². The lowest BCUT2D eigenvalue weighted by atomic mass is 9.94. The van der Waals surface area contributed by atoms with Crippen molar-refractivity contribution in [1.82, 2.24) is 20.5 Å². The molecule has 0 bridgehead atoms. The van der Waals surface area contributed by atoms with E-state index in [2.05, 4.69) is 101 Å². The van der Waals surface area contributed by atoms with Gasteiger partial charge in [-0.15, -0.1) is 5.73 Å². The lowest BCUT2D eigenvalue weighted by molar-refractivity contribution is 0.775. The first kappa shape index (κ1) is 25.3. The normalized spacial score (nSPS) is 20.6. The van der Waals surface area contributed by atoms with Crippen molar-refractivity contribution in [2.24, 2.45) is 4.99 Å². The number of rotatable bonds is 7. The minimum absolute atomic E-state index is 0.730. The zero-order chi connectivity index (χ0) is 26.2. The van der Waals surface area contributed by atoms with Crippen molar-refractivity contribution in [1.29, 1.82) is 0 Å². The third-order valence-electron chi connectivity index (χ3n) is 6.72. The maximum atomic E-state index is 4.94. The molecule has 0 unspecified atom stereocenters. The molecule has 5 heteroatoms. The highest BCUT2D eigenvalue weighted by atomic mass is 15.1. The van der Waals surface area contributed by atoms with Crippen LogP contribution in [-0.2, 0) is 6.42 Å². The summed E-state index contributed by atoms with van der Waals surface area (Å²) in [5.74, 6) is 0. The van der Waals surface area contributed by atoms with Gasteiger partial charge in [0.15, 0.2) is 0 Å². The second-order valence-corrected chi connectivity index (χ2v) is 9.34. The summed E-state index contributed by atoms with van der Waals surface area (Å²) in [6, 6.07) is 6.13. The van der Waals surface area contributed by atoms with Crippen LogP contribution in [0.15, 0.2) is 124 Å². The molecule has 0 saturated carbocycles. The number of aliphatic imine (C=N–C) groups is 1. The predicted octanol–water partition coefficient (Wildman–Crippen LogP) is 6.43. The van der Waals surface area contributed by atoms with Crippen molar-refractivity contribution in [3.05, 3.63) is 131 Å². The van der Waals surface area contributed by atoms with Crippen LogP contribution in [0.25, 0.3) is 17.0 Å². The van der Waals surface area contributed by atoms with Crippen LogP contribution in [0, 0.1) is 0 Å². The van der Waals surface area contributed by atoms with E-state index >= 15 is 0 Å². The second-order valence-electron chi connectivity index (χ2n) is 9.34. The Kier molecular flexibility index (Phi) is 8.19. The highest BCUT2D eigenvalue weighted by molar-refractivity contribution is 6.11. The van der Waals surface area contributed by atoms with Crippen molar-refractivity contribution < 1.29 is 0 Å². The minimum atomic E-state index is 0.730. The van der Waals surface area contributed by atoms with E-state index in [4.69, 9.17) is 9.98 Å². The van der Waals surface area contributed by atoms with Crippen LogP contribution in [0.1, 0.15) is 31.0 Å². The molecule has 5 nitrogen and oxygen atoms in total. The predicted molar refractivity (Wildman–Crippen MR) is 158 cm³/mol. The van der Waals surface area contributed by atoms with Gasteiger partial charge in [0.05, 0.1) is 29.8 Å². The van der Waals surface area contributed by atoms with Crippen molar-refractivity contribution in [3.63, 3.8) is 0 Å². The van der Waals surface area contributed by atoms with Gasteiger partial charge in [-0.2, -0.15) is 5.10 Å². The monoisotopic (exact) mass is 499 g/mol. The number of aromatic amines is 1. The molecule has 0 saturated heterocycles. The molecule has 38 heavy (non-hydrogen) atoms. The van der Waals surface area contributed by atoms with Crippen molar-refractivity contribution in [2.45, 2.75) is 26.2 Å². The lowest BCUT2D eigenvalue weighted by Crippen LogP contribution is -2.09. The molecule has 190 valence electrons. The third kappa shape index (κ3) is 5.97. The smallest absolute Gasteiger partial charge is 0.0912 e. The highest BCUT2D eigenvalue weighted by Crippen LogP contribution is 2.30. The van der Waals surface area contributed by atoms with Crippen LogP contribution in [0.2, 0.25) is 0 Å². The molecule has 0 spiro atoms. The average Bonchev–Trinajstić information content (AvgIpc) is 3.29. The molecule has 3 heterocycles. The Morgan fingerprint density at radius 2 is 1.95 bits per heavy atom. The number of nitrogens with zero attached hydrogens (tertiary/aromatic N) is 3. The molecular weight excluding hydrogens is 466 g/mol. The van der Waals surface area contributed by atoms with Crippen LogP contribution in [0.5, 0.6) is 0 Å². The first-order chi connectivity index (χ1) is 18.7. The third-order valence-corrected chi connectivity index (χ3v) is 6.72. The average molecular weight is 500 g/mol. The Morgan fingerprint density at radius 1 is 1.03 bits per heavy atom. The zero-order valence-electron chi connectivity index (χ0n) is 22.0. The molecule has 2 N–H and O–H groups in total. The molecular formula is C33H33N5. The largest absolute Gasteiger partial charge is 0.319 e. The Hall–Kier alpha value is -4.31. The first-order valence-corrected chi connectivity index (χ1v) is 13.2. The molecule has 3 aliphatic rings. The molecule has 1 aliphatic heterocycles. The van der Waals surface area contributed by atoms with Crippen molar-refractivity contribution >= 4 is 11.3 Å². The summed E-state index contributed by atoms with van der Waals surface area (Å²) in [6.45, 7) is 3.81. The van der Waals surface area contributed by atoms with Gasteiger partial charge in [0.1, 0.15) is 0 Å². The van der Waals surface area contributed by atoms with Crippen molar-refractivity contribution in [3.8, 4) is 11.4 Å². The molecule has 2 aromatic heterocycles. The summed E-state index contributed by atoms with van der Waals surface area (Å²) in [5, 5.41) is 10.7. The number of nitrogens with one attached hydrogen (secondary N) is 2. The van der Waals surface area contributed by atoms with E-state index in [9.17, 15) is 0 Å². The van der Waals surface area contributed by atoms with Gasteiger partial charge >= 0.3 is 0 Å². The zero-order valence-corrected chi connectivity index (χ0v) is 22.0. The summed E-state index contributed by atoms with van der Waals surface area (Å²) in [4.78, 5) is 9.73. The van der Waals surface area contributed by atoms with E-state index < -0.39 is 0 Å². The second kappa shape index (κ2) is 12.3. The Balaban J connectivity index is 1.43. The van der Waals surface area contributed by atoms with E-state index in [1.165, 1.54) is 5.57 Å². The maximum absolute atomic E-state index is 4.94. The fourth-order valence-electron chi connectivity index (χ4n) is 4.59. The SMILES string of the molecule is CCc1cccc(-c2[nH]ncc2C2=C/C=C/C3=C/C(C4=NCC(CCNC)=CC=C4)=C\CC=C=C3C=C2)n1. The number of aromatic nitrogens is 3. The van der Waals surface area contributed by atoms with E-state index in [1.807, 2.05) is 25.4 Å². The number of hydrogen-bond donors (Lipinski definition) is 2. The highest BCUT2D eigenvalue weighted by Gasteiger charge is 2.14. The van der Waals surface area contributed by atoms with Gasteiger partial charge in [0.2, 0.25) is 0 Å². The number of fused-ring (bicyclic) bond motifs is 1. The molecule has 5 rings (SSSR count). The maximum Gasteiger partial charge on any atom is 0.0912 e. The standard InChI is InChI=1S/C33H33N5/c1-3-29-14-8-16-32(37-29)33-30(23-36-38-33)26-12-7-13-27-21-28(11-5-4-10-25(27)17-18-26)31-15-6-9-24(22-35-31)19-20-34-2/h4,6-9,11-18,21,23,34H,3,5,19-20,22H2,1-2H3,(H,36,38)/b13-7+,18-17?,26-12?,27-21-,28-11+. The van der Waals surface area contributed by atoms with E-state index in [-0.39, 0.29) is 0 Å². The molecule has 2 aliphatic carbocycles. The van der Waals surface area contributed by atoms with Gasteiger partial charge in [-0.1, -0.05) is 55.5 Å². The van der Waals surface area contributed by atoms with Gasteiger partial charge in [-0.05, 0) is 91.6 Å². The lowest BCUT2D eigenvalue weighted by Gasteiger charge is -2.11. The van der Waals surface area contributed by atoms with Crippen LogP contribution in [0.4, 0.5) is 0 Å². The Morgan fingerprint density at radius 3 is 2.84 bits per heavy atom. The van der Waals surface area contributed by atoms with Gasteiger partial charge in [-0.25, -0.2) is 0 Å². The van der Waals surface area contributed by atoms with Gasteiger partial charge in [0, 0.05) is 16.8 Å². The summed E-state index contributed by atoms with van der Waals surface area (Å²) >= 11 is 0. The number of hydrogen-bond acceptors (Lipinski definition) is 4. The number of aryl methyl sites for hydroxylation is 1. The fourth-order valence-corrected chi connectivity index (χ4v) is 4.59. The molecule has 0 fully saturated rings. The molecule has 0 radical (unpaired) electrons.